The number of rotatable bonds is 3. The van der Waals surface area contributed by atoms with E-state index in [4.69, 9.17) is 10.8 Å². The predicted molar refractivity (Wildman–Crippen MR) is 49.2 cm³/mol. The van der Waals surface area contributed by atoms with Crippen LogP contribution < -0.4 is 5.73 Å². The van der Waals surface area contributed by atoms with E-state index in [1.165, 1.54) is 12.8 Å². The highest BCUT2D eigenvalue weighted by molar-refractivity contribution is 5.67. The summed E-state index contributed by atoms with van der Waals surface area (Å²) in [5.74, 6) is 1.02. The van der Waals surface area contributed by atoms with Crippen LogP contribution in [0.1, 0.15) is 32.1 Å². The van der Waals surface area contributed by atoms with Crippen molar-refractivity contribution in [2.45, 2.75) is 32.1 Å². The van der Waals surface area contributed by atoms with Crippen LogP contribution in [0.3, 0.4) is 0 Å². The minimum absolute atomic E-state index is 0.0660. The van der Waals surface area contributed by atoms with Crippen LogP contribution in [0.4, 0.5) is 0 Å². The van der Waals surface area contributed by atoms with Crippen molar-refractivity contribution in [3.8, 4) is 0 Å². The summed E-state index contributed by atoms with van der Waals surface area (Å²) in [6.45, 7) is 0.544. The second kappa shape index (κ2) is 2.98. The summed E-state index contributed by atoms with van der Waals surface area (Å²) in [7, 11) is 0. The Bertz CT molecular complexity index is 229. The Kier molecular flexibility index (Phi) is 2.06. The molecule has 2 fully saturated rings. The molecular weight excluding hydrogens is 166 g/mol. The van der Waals surface area contributed by atoms with Gasteiger partial charge in [0.1, 0.15) is 0 Å². The standard InChI is InChI=1S/C10H17NO2/c11-6-10(5-9(12)13)2-1-7-3-8(7)4-10/h7-8H,1-6,11H2,(H,12,13)/t7-,8?,10+/m0/s1. The largest absolute Gasteiger partial charge is 0.481 e. The maximum atomic E-state index is 10.7. The summed E-state index contributed by atoms with van der Waals surface area (Å²) in [5, 5.41) is 8.81. The van der Waals surface area contributed by atoms with Gasteiger partial charge in [0.2, 0.25) is 0 Å². The van der Waals surface area contributed by atoms with Crippen LogP contribution in [-0.4, -0.2) is 17.6 Å². The predicted octanol–water partition coefficient (Wildman–Crippen LogP) is 1.23. The first-order valence-corrected chi connectivity index (χ1v) is 5.07. The van der Waals surface area contributed by atoms with Gasteiger partial charge in [-0.15, -0.1) is 0 Å². The first kappa shape index (κ1) is 9.00. The second-order valence-electron chi connectivity index (χ2n) is 4.77. The molecule has 2 saturated carbocycles. The van der Waals surface area contributed by atoms with Crippen LogP contribution in [0.2, 0.25) is 0 Å². The van der Waals surface area contributed by atoms with Gasteiger partial charge < -0.3 is 10.8 Å². The number of hydrogen-bond acceptors (Lipinski definition) is 2. The fourth-order valence-electron chi connectivity index (χ4n) is 2.80. The van der Waals surface area contributed by atoms with Gasteiger partial charge in [0.05, 0.1) is 6.42 Å². The van der Waals surface area contributed by atoms with E-state index in [2.05, 4.69) is 0 Å². The summed E-state index contributed by atoms with van der Waals surface area (Å²) in [4.78, 5) is 10.7. The smallest absolute Gasteiger partial charge is 0.303 e. The Hall–Kier alpha value is -0.570. The number of nitrogens with two attached hydrogens (primary N) is 1. The summed E-state index contributed by atoms with van der Waals surface area (Å²) >= 11 is 0. The van der Waals surface area contributed by atoms with Crippen LogP contribution >= 0.6 is 0 Å². The van der Waals surface area contributed by atoms with Crippen molar-refractivity contribution in [1.82, 2.24) is 0 Å². The molecule has 13 heavy (non-hydrogen) atoms. The lowest BCUT2D eigenvalue weighted by Gasteiger charge is -2.34. The van der Waals surface area contributed by atoms with Crippen molar-refractivity contribution < 1.29 is 9.90 Å². The molecule has 2 aliphatic rings. The lowest BCUT2D eigenvalue weighted by atomic mass is 9.72. The fraction of sp³-hybridized carbons (Fsp3) is 0.900. The number of hydrogen-bond donors (Lipinski definition) is 2. The molecule has 0 amide bonds. The number of aliphatic carboxylic acids is 1. The molecule has 0 heterocycles. The van der Waals surface area contributed by atoms with Gasteiger partial charge in [0.25, 0.3) is 0 Å². The monoisotopic (exact) mass is 183 g/mol. The second-order valence-corrected chi connectivity index (χ2v) is 4.77. The number of carboxylic acid groups (broad SMARTS) is 1. The van der Waals surface area contributed by atoms with Crippen LogP contribution in [0.5, 0.6) is 0 Å². The Balaban J connectivity index is 2.01. The van der Waals surface area contributed by atoms with Gasteiger partial charge in [0, 0.05) is 0 Å². The molecule has 1 unspecified atom stereocenters. The highest BCUT2D eigenvalue weighted by atomic mass is 16.4. The van der Waals surface area contributed by atoms with Crippen molar-refractivity contribution in [2.24, 2.45) is 23.0 Å². The Labute approximate surface area is 78.3 Å². The molecule has 0 bridgehead atoms. The van der Waals surface area contributed by atoms with E-state index in [-0.39, 0.29) is 11.8 Å². The third-order valence-corrected chi connectivity index (χ3v) is 3.77. The van der Waals surface area contributed by atoms with Gasteiger partial charge in [-0.1, -0.05) is 0 Å². The third-order valence-electron chi connectivity index (χ3n) is 3.77. The van der Waals surface area contributed by atoms with Crippen molar-refractivity contribution in [2.75, 3.05) is 6.54 Å². The molecule has 0 radical (unpaired) electrons. The Morgan fingerprint density at radius 1 is 1.54 bits per heavy atom. The lowest BCUT2D eigenvalue weighted by molar-refractivity contribution is -0.140. The summed E-state index contributed by atoms with van der Waals surface area (Å²) < 4.78 is 0. The molecule has 0 aromatic carbocycles. The molecule has 0 aromatic rings. The topological polar surface area (TPSA) is 63.3 Å². The van der Waals surface area contributed by atoms with E-state index in [0.717, 1.165) is 24.7 Å². The summed E-state index contributed by atoms with van der Waals surface area (Å²) in [6, 6.07) is 0. The molecule has 0 aliphatic heterocycles. The van der Waals surface area contributed by atoms with E-state index in [9.17, 15) is 4.79 Å². The number of fused-ring (bicyclic) bond motifs is 1. The van der Waals surface area contributed by atoms with Gasteiger partial charge in [-0.2, -0.15) is 0 Å². The van der Waals surface area contributed by atoms with Crippen LogP contribution in [0.15, 0.2) is 0 Å². The van der Waals surface area contributed by atoms with Gasteiger partial charge in [-0.25, -0.2) is 0 Å². The van der Waals surface area contributed by atoms with Gasteiger partial charge >= 0.3 is 5.97 Å². The zero-order chi connectivity index (χ0) is 9.47. The minimum Gasteiger partial charge on any atom is -0.481 e. The maximum Gasteiger partial charge on any atom is 0.303 e. The van der Waals surface area contributed by atoms with Gasteiger partial charge in [-0.05, 0) is 49.5 Å². The van der Waals surface area contributed by atoms with Crippen LogP contribution in [0.25, 0.3) is 0 Å². The zero-order valence-corrected chi connectivity index (χ0v) is 7.83. The first-order chi connectivity index (χ1) is 6.15. The van der Waals surface area contributed by atoms with Crippen molar-refractivity contribution >= 4 is 5.97 Å². The quantitative estimate of drug-likeness (QED) is 0.691. The van der Waals surface area contributed by atoms with Crippen LogP contribution in [0, 0.1) is 17.3 Å². The van der Waals surface area contributed by atoms with E-state index in [0.29, 0.717) is 6.54 Å². The fourth-order valence-corrected chi connectivity index (χ4v) is 2.80. The van der Waals surface area contributed by atoms with Crippen molar-refractivity contribution in [3.05, 3.63) is 0 Å². The molecule has 3 N–H and O–H groups in total. The average molecular weight is 183 g/mol. The van der Waals surface area contributed by atoms with E-state index >= 15 is 0 Å². The Morgan fingerprint density at radius 2 is 2.31 bits per heavy atom. The molecule has 2 aliphatic carbocycles. The van der Waals surface area contributed by atoms with Crippen LogP contribution in [-0.2, 0) is 4.79 Å². The molecule has 2 rings (SSSR count). The van der Waals surface area contributed by atoms with E-state index < -0.39 is 5.97 Å². The van der Waals surface area contributed by atoms with Gasteiger partial charge in [-0.3, -0.25) is 4.79 Å². The minimum atomic E-state index is -0.690. The molecule has 3 nitrogen and oxygen atoms in total. The molecule has 0 aromatic heterocycles. The highest BCUT2D eigenvalue weighted by Crippen LogP contribution is 2.56. The maximum absolute atomic E-state index is 10.7. The summed E-state index contributed by atoms with van der Waals surface area (Å²) in [5.41, 5.74) is 5.64. The first-order valence-electron chi connectivity index (χ1n) is 5.07. The van der Waals surface area contributed by atoms with Crippen molar-refractivity contribution in [1.29, 1.82) is 0 Å². The molecule has 74 valence electrons. The lowest BCUT2D eigenvalue weighted by Crippen LogP contribution is -2.35. The molecular formula is C10H17NO2. The molecule has 0 spiro atoms. The number of carbonyl (C=O) groups is 1. The third kappa shape index (κ3) is 1.70. The highest BCUT2D eigenvalue weighted by Gasteiger charge is 2.48. The number of carboxylic acids is 1. The van der Waals surface area contributed by atoms with E-state index in [1.807, 2.05) is 0 Å². The molecule has 3 atom stereocenters. The molecule has 0 saturated heterocycles. The summed E-state index contributed by atoms with van der Waals surface area (Å²) in [6.07, 6.45) is 4.88. The van der Waals surface area contributed by atoms with Crippen molar-refractivity contribution in [3.63, 3.8) is 0 Å². The normalized spacial score (nSPS) is 42.5. The SMILES string of the molecule is NC[C@]1(CC(=O)O)CC[C@H]2CC2C1. The average Bonchev–Trinajstić information content (AvgIpc) is 2.81. The Morgan fingerprint density at radius 3 is 2.85 bits per heavy atom. The van der Waals surface area contributed by atoms with E-state index in [1.54, 1.807) is 0 Å². The molecule has 3 heteroatoms. The van der Waals surface area contributed by atoms with Gasteiger partial charge in [0.15, 0.2) is 0 Å². The zero-order valence-electron chi connectivity index (χ0n) is 7.83.